The topological polar surface area (TPSA) is 55.8 Å². The molecule has 0 heterocycles. The molecule has 0 atom stereocenters. The summed E-state index contributed by atoms with van der Waals surface area (Å²) in [6, 6.07) is 8.91. The smallest absolute Gasteiger partial charge is 0.365 e. The molecule has 4 nitrogen and oxygen atoms in total. The van der Waals surface area contributed by atoms with E-state index in [1.807, 2.05) is 6.07 Å². The van der Waals surface area contributed by atoms with Crippen LogP contribution in [0.1, 0.15) is 19.4 Å². The molecule has 94 valence electrons. The van der Waals surface area contributed by atoms with E-state index in [9.17, 15) is 9.67 Å². The molecule has 0 fully saturated rings. The van der Waals surface area contributed by atoms with E-state index < -0.39 is 7.60 Å². The van der Waals surface area contributed by atoms with Crippen LogP contribution in [0.15, 0.2) is 36.6 Å². The van der Waals surface area contributed by atoms with Gasteiger partial charge < -0.3 is 14.2 Å². The Morgan fingerprint density at radius 3 is 2.18 bits per heavy atom. The molecule has 0 bridgehead atoms. The second kappa shape index (κ2) is 6.60. The van der Waals surface area contributed by atoms with Crippen molar-refractivity contribution in [1.82, 2.24) is 0 Å². The fraction of sp³-hybridized carbons (Fsp3) is 0.333. The van der Waals surface area contributed by atoms with Gasteiger partial charge in [-0.3, -0.25) is 4.57 Å². The van der Waals surface area contributed by atoms with Crippen molar-refractivity contribution in [3.63, 3.8) is 0 Å². The molecular formula is C12H17O4P. The van der Waals surface area contributed by atoms with Gasteiger partial charge in [-0.05, 0) is 19.4 Å². The average molecular weight is 256 g/mol. The summed E-state index contributed by atoms with van der Waals surface area (Å²) >= 11 is 0. The van der Waals surface area contributed by atoms with Crippen molar-refractivity contribution in [1.29, 1.82) is 0 Å². The van der Waals surface area contributed by atoms with E-state index in [2.05, 4.69) is 0 Å². The van der Waals surface area contributed by atoms with Crippen LogP contribution in [0.25, 0.3) is 5.31 Å². The lowest BCUT2D eigenvalue weighted by Crippen LogP contribution is -1.98. The molecule has 0 spiro atoms. The molecule has 0 unspecified atom stereocenters. The number of aliphatic hydroxyl groups is 1. The minimum Gasteiger partial charge on any atom is -0.515 e. The van der Waals surface area contributed by atoms with Gasteiger partial charge in [-0.25, -0.2) is 0 Å². The molecule has 0 radical (unpaired) electrons. The van der Waals surface area contributed by atoms with Gasteiger partial charge in [0.15, 0.2) is 0 Å². The molecule has 0 saturated heterocycles. The van der Waals surface area contributed by atoms with E-state index in [0.29, 0.717) is 5.56 Å². The van der Waals surface area contributed by atoms with Crippen LogP contribution in [0.3, 0.4) is 0 Å². The van der Waals surface area contributed by atoms with Crippen molar-refractivity contribution >= 4 is 12.9 Å². The number of benzene rings is 1. The first-order valence-corrected chi connectivity index (χ1v) is 7.01. The summed E-state index contributed by atoms with van der Waals surface area (Å²) in [5.41, 5.74) is 0.625. The summed E-state index contributed by atoms with van der Waals surface area (Å²) < 4.78 is 22.8. The monoisotopic (exact) mass is 256 g/mol. The maximum Gasteiger partial charge on any atom is 0.365 e. The van der Waals surface area contributed by atoms with Crippen molar-refractivity contribution < 1.29 is 18.7 Å². The van der Waals surface area contributed by atoms with Gasteiger partial charge in [0.2, 0.25) is 0 Å². The van der Waals surface area contributed by atoms with Crippen molar-refractivity contribution in [3.05, 3.63) is 42.2 Å². The molecule has 1 aromatic carbocycles. The third-order valence-electron chi connectivity index (χ3n) is 2.09. The lowest BCUT2D eigenvalue weighted by molar-refractivity contribution is 0.230. The van der Waals surface area contributed by atoms with E-state index in [4.69, 9.17) is 9.05 Å². The van der Waals surface area contributed by atoms with Crippen LogP contribution in [0.4, 0.5) is 0 Å². The van der Waals surface area contributed by atoms with Gasteiger partial charge in [0.25, 0.3) is 0 Å². The first-order valence-electron chi connectivity index (χ1n) is 5.47. The van der Waals surface area contributed by atoms with Gasteiger partial charge in [0, 0.05) is 0 Å². The molecule has 0 aliphatic heterocycles. The zero-order valence-electron chi connectivity index (χ0n) is 10.00. The molecular weight excluding hydrogens is 239 g/mol. The first-order chi connectivity index (χ1) is 8.18. The summed E-state index contributed by atoms with van der Waals surface area (Å²) in [7, 11) is -3.44. The molecule has 0 aliphatic carbocycles. The molecule has 0 aliphatic rings. The van der Waals surface area contributed by atoms with Crippen molar-refractivity contribution in [2.24, 2.45) is 0 Å². The standard InChI is InChI=1S/C12H17O4P/c1-3-15-17(14,16-4-2)12(10-13)11-8-6-5-7-9-11/h5-10,13H,3-4H2,1-2H3/b12-10+. The Morgan fingerprint density at radius 2 is 1.76 bits per heavy atom. The van der Waals surface area contributed by atoms with Gasteiger partial charge in [-0.2, -0.15) is 0 Å². The highest BCUT2D eigenvalue weighted by Gasteiger charge is 2.31. The van der Waals surface area contributed by atoms with Gasteiger partial charge in [-0.15, -0.1) is 0 Å². The number of rotatable bonds is 6. The summed E-state index contributed by atoms with van der Waals surface area (Å²) in [5, 5.41) is 9.46. The predicted octanol–water partition coefficient (Wildman–Crippen LogP) is 3.81. The summed E-state index contributed by atoms with van der Waals surface area (Å²) in [4.78, 5) is 0. The van der Waals surface area contributed by atoms with E-state index in [1.54, 1.807) is 38.1 Å². The minimum absolute atomic E-state index is 0.182. The van der Waals surface area contributed by atoms with Crippen molar-refractivity contribution in [3.8, 4) is 0 Å². The Balaban J connectivity index is 3.12. The second-order valence-corrected chi connectivity index (χ2v) is 5.21. The summed E-state index contributed by atoms with van der Waals surface area (Å²) in [5.74, 6) is 0. The zero-order valence-corrected chi connectivity index (χ0v) is 10.9. The van der Waals surface area contributed by atoms with Crippen LogP contribution < -0.4 is 0 Å². The van der Waals surface area contributed by atoms with Crippen LogP contribution in [-0.2, 0) is 13.6 Å². The molecule has 0 amide bonds. The van der Waals surface area contributed by atoms with Gasteiger partial charge >= 0.3 is 7.60 Å². The van der Waals surface area contributed by atoms with Gasteiger partial charge in [0.05, 0.1) is 19.5 Å². The van der Waals surface area contributed by atoms with Gasteiger partial charge in [0.1, 0.15) is 5.31 Å². The fourth-order valence-corrected chi connectivity index (χ4v) is 3.07. The van der Waals surface area contributed by atoms with Crippen molar-refractivity contribution in [2.45, 2.75) is 13.8 Å². The SMILES string of the molecule is CCOP(=O)(OCC)/C(=C/O)c1ccccc1. The highest BCUT2D eigenvalue weighted by atomic mass is 31.2. The third kappa shape index (κ3) is 3.43. The molecule has 0 aromatic heterocycles. The van der Waals surface area contributed by atoms with Crippen LogP contribution in [0, 0.1) is 0 Å². The van der Waals surface area contributed by atoms with Gasteiger partial charge in [-0.1, -0.05) is 30.3 Å². The normalized spacial score (nSPS) is 12.7. The minimum atomic E-state index is -3.44. The zero-order chi connectivity index (χ0) is 12.7. The van der Waals surface area contributed by atoms with Crippen LogP contribution in [-0.4, -0.2) is 18.3 Å². The number of hydrogen-bond acceptors (Lipinski definition) is 4. The molecule has 1 N–H and O–H groups in total. The van der Waals surface area contributed by atoms with E-state index >= 15 is 0 Å². The summed E-state index contributed by atoms with van der Waals surface area (Å²) in [6.07, 6.45) is 0.793. The second-order valence-electron chi connectivity index (χ2n) is 3.21. The van der Waals surface area contributed by atoms with Crippen LogP contribution in [0.5, 0.6) is 0 Å². The van der Waals surface area contributed by atoms with Crippen LogP contribution >= 0.6 is 7.60 Å². The largest absolute Gasteiger partial charge is 0.515 e. The average Bonchev–Trinajstić information content (AvgIpc) is 2.31. The molecule has 0 saturated carbocycles. The quantitative estimate of drug-likeness (QED) is 0.621. The molecule has 1 rings (SSSR count). The summed E-state index contributed by atoms with van der Waals surface area (Å²) in [6.45, 7) is 3.96. The Labute approximate surface area is 101 Å². The van der Waals surface area contributed by atoms with E-state index in [-0.39, 0.29) is 18.5 Å². The molecule has 5 heteroatoms. The predicted molar refractivity (Wildman–Crippen MR) is 67.9 cm³/mol. The Kier molecular flexibility index (Phi) is 5.42. The lowest BCUT2D eigenvalue weighted by atomic mass is 10.2. The Bertz CT molecular complexity index is 404. The lowest BCUT2D eigenvalue weighted by Gasteiger charge is -2.19. The molecule has 1 aromatic rings. The third-order valence-corrected chi connectivity index (χ3v) is 4.24. The maximum absolute atomic E-state index is 12.5. The van der Waals surface area contributed by atoms with Crippen LogP contribution in [0.2, 0.25) is 0 Å². The number of aliphatic hydroxyl groups excluding tert-OH is 1. The maximum atomic E-state index is 12.5. The van der Waals surface area contributed by atoms with Crippen molar-refractivity contribution in [2.75, 3.05) is 13.2 Å². The fourth-order valence-electron chi connectivity index (χ4n) is 1.43. The Morgan fingerprint density at radius 1 is 1.24 bits per heavy atom. The highest BCUT2D eigenvalue weighted by molar-refractivity contribution is 7.65. The highest BCUT2D eigenvalue weighted by Crippen LogP contribution is 2.60. The number of hydrogen-bond donors (Lipinski definition) is 1. The first kappa shape index (κ1) is 14.0. The van der Waals surface area contributed by atoms with E-state index in [0.717, 1.165) is 6.26 Å². The van der Waals surface area contributed by atoms with E-state index in [1.165, 1.54) is 0 Å². The Hall–Kier alpha value is -1.09. The molecule has 17 heavy (non-hydrogen) atoms.